The molecular formula is C12H14N2O3. The number of anilines is 2. The molecule has 1 aliphatic heterocycles. The van der Waals surface area contributed by atoms with Crippen LogP contribution < -0.4 is 15.0 Å². The molecule has 1 aliphatic rings. The number of rotatable bonds is 3. The van der Waals surface area contributed by atoms with Crippen LogP contribution in [0.25, 0.3) is 0 Å². The molecule has 1 amide bonds. The molecule has 0 fully saturated rings. The maximum absolute atomic E-state index is 11.5. The van der Waals surface area contributed by atoms with Gasteiger partial charge in [-0.3, -0.25) is 4.79 Å². The lowest BCUT2D eigenvalue weighted by atomic mass is 10.2. The van der Waals surface area contributed by atoms with Gasteiger partial charge in [-0.15, -0.1) is 0 Å². The van der Waals surface area contributed by atoms with Crippen LogP contribution in [0, 0.1) is 0 Å². The molecule has 0 spiro atoms. The van der Waals surface area contributed by atoms with E-state index in [-0.39, 0.29) is 5.91 Å². The minimum atomic E-state index is -0.471. The number of hydrogen-bond acceptors (Lipinski definition) is 4. The van der Waals surface area contributed by atoms with E-state index in [1.807, 2.05) is 13.1 Å². The number of carbonyl (C=O) groups excluding carboxylic acids is 2. The number of aldehydes is 1. The zero-order valence-corrected chi connectivity index (χ0v) is 9.77. The van der Waals surface area contributed by atoms with Gasteiger partial charge in [0.15, 0.2) is 6.10 Å². The Morgan fingerprint density at radius 2 is 2.29 bits per heavy atom. The smallest absolute Gasteiger partial charge is 0.265 e. The van der Waals surface area contributed by atoms with Crippen LogP contribution in [0.1, 0.15) is 6.92 Å². The van der Waals surface area contributed by atoms with E-state index in [4.69, 9.17) is 4.74 Å². The Balaban J connectivity index is 2.28. The van der Waals surface area contributed by atoms with Gasteiger partial charge in [-0.05, 0) is 25.1 Å². The van der Waals surface area contributed by atoms with Crippen molar-refractivity contribution in [3.05, 3.63) is 18.2 Å². The molecule has 5 nitrogen and oxygen atoms in total. The molecule has 2 rings (SSSR count). The maximum Gasteiger partial charge on any atom is 0.265 e. The Morgan fingerprint density at radius 1 is 1.53 bits per heavy atom. The van der Waals surface area contributed by atoms with Gasteiger partial charge >= 0.3 is 0 Å². The summed E-state index contributed by atoms with van der Waals surface area (Å²) in [5.41, 5.74) is 1.50. The van der Waals surface area contributed by atoms with E-state index in [0.29, 0.717) is 18.0 Å². The summed E-state index contributed by atoms with van der Waals surface area (Å²) < 4.78 is 5.44. The molecule has 0 aliphatic carbocycles. The summed E-state index contributed by atoms with van der Waals surface area (Å²) in [4.78, 5) is 23.7. The number of ether oxygens (including phenoxy) is 1. The lowest BCUT2D eigenvalue weighted by Gasteiger charge is -2.25. The Morgan fingerprint density at radius 3 is 3.00 bits per heavy atom. The zero-order valence-electron chi connectivity index (χ0n) is 9.77. The summed E-state index contributed by atoms with van der Waals surface area (Å²) >= 11 is 0. The molecular weight excluding hydrogens is 220 g/mol. The third-order valence-corrected chi connectivity index (χ3v) is 2.68. The fourth-order valence-corrected chi connectivity index (χ4v) is 1.65. The van der Waals surface area contributed by atoms with Gasteiger partial charge < -0.3 is 19.7 Å². The molecule has 0 aromatic heterocycles. The van der Waals surface area contributed by atoms with E-state index in [2.05, 4.69) is 5.32 Å². The second-order valence-electron chi connectivity index (χ2n) is 3.98. The fraction of sp³-hybridized carbons (Fsp3) is 0.333. The monoisotopic (exact) mass is 234 g/mol. The predicted molar refractivity (Wildman–Crippen MR) is 64.5 cm³/mol. The van der Waals surface area contributed by atoms with Crippen LogP contribution in [0.5, 0.6) is 5.75 Å². The third-order valence-electron chi connectivity index (χ3n) is 2.68. The van der Waals surface area contributed by atoms with Crippen molar-refractivity contribution in [2.45, 2.75) is 13.0 Å². The van der Waals surface area contributed by atoms with Crippen molar-refractivity contribution in [2.75, 3.05) is 23.8 Å². The van der Waals surface area contributed by atoms with Crippen LogP contribution in [0.3, 0.4) is 0 Å². The number of benzene rings is 1. The van der Waals surface area contributed by atoms with E-state index >= 15 is 0 Å². The lowest BCUT2D eigenvalue weighted by Crippen LogP contribution is -2.34. The molecule has 0 radical (unpaired) electrons. The second-order valence-corrected chi connectivity index (χ2v) is 3.98. The molecule has 1 unspecified atom stereocenters. The number of nitrogens with zero attached hydrogens (tertiary/aromatic N) is 1. The van der Waals surface area contributed by atoms with Crippen LogP contribution in [0.2, 0.25) is 0 Å². The van der Waals surface area contributed by atoms with Crippen LogP contribution in [0.15, 0.2) is 18.2 Å². The normalized spacial score (nSPS) is 17.8. The highest BCUT2D eigenvalue weighted by molar-refractivity contribution is 5.98. The molecule has 1 N–H and O–H groups in total. The highest BCUT2D eigenvalue weighted by Crippen LogP contribution is 2.32. The van der Waals surface area contributed by atoms with Crippen LogP contribution in [0.4, 0.5) is 11.4 Å². The number of likely N-dealkylation sites (N-methyl/N-ethyl adjacent to an activating group) is 1. The number of hydrogen-bond donors (Lipinski definition) is 1. The fourth-order valence-electron chi connectivity index (χ4n) is 1.65. The average molecular weight is 234 g/mol. The lowest BCUT2D eigenvalue weighted by molar-refractivity contribution is -0.122. The molecule has 1 aromatic carbocycles. The Labute approximate surface area is 99.4 Å². The van der Waals surface area contributed by atoms with Crippen molar-refractivity contribution in [1.29, 1.82) is 0 Å². The first kappa shape index (κ1) is 11.4. The predicted octanol–water partition coefficient (Wildman–Crippen LogP) is 1.04. The van der Waals surface area contributed by atoms with E-state index in [0.717, 1.165) is 12.0 Å². The minimum absolute atomic E-state index is 0.160. The summed E-state index contributed by atoms with van der Waals surface area (Å²) in [6, 6.07) is 5.44. The molecule has 1 aromatic rings. The molecule has 1 heterocycles. The van der Waals surface area contributed by atoms with Crippen molar-refractivity contribution in [3.63, 3.8) is 0 Å². The highest BCUT2D eigenvalue weighted by Gasteiger charge is 2.23. The Kier molecular flexibility index (Phi) is 2.99. The molecule has 90 valence electrons. The summed E-state index contributed by atoms with van der Waals surface area (Å²) in [5.74, 6) is 0.494. The molecule has 1 atom stereocenters. The topological polar surface area (TPSA) is 58.6 Å². The average Bonchev–Trinajstić information content (AvgIpc) is 2.30. The summed E-state index contributed by atoms with van der Waals surface area (Å²) in [6.45, 7) is 2.01. The molecule has 5 heteroatoms. The number of carbonyl (C=O) groups is 2. The van der Waals surface area contributed by atoms with Gasteiger partial charge in [-0.1, -0.05) is 0 Å². The van der Waals surface area contributed by atoms with E-state index in [1.165, 1.54) is 0 Å². The highest BCUT2D eigenvalue weighted by atomic mass is 16.5. The van der Waals surface area contributed by atoms with Crippen molar-refractivity contribution < 1.29 is 14.3 Å². The second kappa shape index (κ2) is 4.45. The van der Waals surface area contributed by atoms with Gasteiger partial charge in [-0.2, -0.15) is 0 Å². The SMILES string of the molecule is CC1Oc2ccc(N(C)CC=O)cc2NC1=O. The number of amides is 1. The minimum Gasteiger partial charge on any atom is -0.479 e. The number of nitrogens with one attached hydrogen (secondary N) is 1. The first-order chi connectivity index (χ1) is 8.11. The first-order valence-electron chi connectivity index (χ1n) is 5.38. The van der Waals surface area contributed by atoms with Crippen molar-refractivity contribution in [2.24, 2.45) is 0 Å². The number of fused-ring (bicyclic) bond motifs is 1. The molecule has 0 bridgehead atoms. The van der Waals surface area contributed by atoms with Gasteiger partial charge in [0.2, 0.25) is 0 Å². The Bertz CT molecular complexity index is 459. The van der Waals surface area contributed by atoms with Gasteiger partial charge in [-0.25, -0.2) is 0 Å². The standard InChI is InChI=1S/C12H14N2O3/c1-8-12(16)13-10-7-9(14(2)5-6-15)3-4-11(10)17-8/h3-4,6-8H,5H2,1-2H3,(H,13,16). The van der Waals surface area contributed by atoms with Crippen LogP contribution >= 0.6 is 0 Å². The van der Waals surface area contributed by atoms with Gasteiger partial charge in [0.05, 0.1) is 12.2 Å². The van der Waals surface area contributed by atoms with Crippen molar-refractivity contribution in [3.8, 4) is 5.75 Å². The zero-order chi connectivity index (χ0) is 12.4. The van der Waals surface area contributed by atoms with E-state index < -0.39 is 6.10 Å². The van der Waals surface area contributed by atoms with Gasteiger partial charge in [0.1, 0.15) is 12.0 Å². The Hall–Kier alpha value is -2.04. The van der Waals surface area contributed by atoms with E-state index in [1.54, 1.807) is 24.0 Å². The van der Waals surface area contributed by atoms with Crippen molar-refractivity contribution >= 4 is 23.6 Å². The molecule has 17 heavy (non-hydrogen) atoms. The molecule has 0 saturated carbocycles. The van der Waals surface area contributed by atoms with Crippen LogP contribution in [-0.2, 0) is 9.59 Å². The third kappa shape index (κ3) is 2.22. The van der Waals surface area contributed by atoms with E-state index in [9.17, 15) is 9.59 Å². The summed E-state index contributed by atoms with van der Waals surface area (Å²) in [7, 11) is 1.81. The summed E-state index contributed by atoms with van der Waals surface area (Å²) in [5, 5.41) is 2.77. The van der Waals surface area contributed by atoms with Crippen molar-refractivity contribution in [1.82, 2.24) is 0 Å². The van der Waals surface area contributed by atoms with Gasteiger partial charge in [0, 0.05) is 12.7 Å². The summed E-state index contributed by atoms with van der Waals surface area (Å²) in [6.07, 6.45) is 0.359. The maximum atomic E-state index is 11.5. The van der Waals surface area contributed by atoms with Gasteiger partial charge in [0.25, 0.3) is 5.91 Å². The quantitative estimate of drug-likeness (QED) is 0.794. The van der Waals surface area contributed by atoms with Crippen LogP contribution in [-0.4, -0.2) is 31.9 Å². The largest absolute Gasteiger partial charge is 0.479 e. The first-order valence-corrected chi connectivity index (χ1v) is 5.38. The molecule has 0 saturated heterocycles.